The van der Waals surface area contributed by atoms with Crippen LogP contribution >= 0.6 is 0 Å². The molecule has 1 aromatic heterocycles. The van der Waals surface area contributed by atoms with Gasteiger partial charge in [-0.25, -0.2) is 0 Å². The molecule has 4 heteroatoms. The molecule has 0 unspecified atom stereocenters. The van der Waals surface area contributed by atoms with Crippen LogP contribution in [-0.2, 0) is 13.6 Å². The second kappa shape index (κ2) is 5.57. The standard InChI is InChI=1S/C16H16N4/c1-20-12-18-19-16(20)14-9-5-6-10-15(14)17-11-13-7-3-2-4-8-13/h2-10,12,17H,11H2,1H3. The van der Waals surface area contributed by atoms with Gasteiger partial charge in [-0.15, -0.1) is 10.2 Å². The Morgan fingerprint density at radius 1 is 1.00 bits per heavy atom. The number of aromatic nitrogens is 3. The smallest absolute Gasteiger partial charge is 0.165 e. The maximum absolute atomic E-state index is 4.17. The van der Waals surface area contributed by atoms with Gasteiger partial charge >= 0.3 is 0 Å². The van der Waals surface area contributed by atoms with Crippen LogP contribution in [0.1, 0.15) is 5.56 Å². The summed E-state index contributed by atoms with van der Waals surface area (Å²) in [5.41, 5.74) is 3.37. The van der Waals surface area contributed by atoms with Crippen LogP contribution in [0.15, 0.2) is 60.9 Å². The first kappa shape index (κ1) is 12.4. The Morgan fingerprint density at radius 2 is 1.75 bits per heavy atom. The summed E-state index contributed by atoms with van der Waals surface area (Å²) in [5.74, 6) is 0.862. The molecule has 4 nitrogen and oxygen atoms in total. The van der Waals surface area contributed by atoms with Gasteiger partial charge in [-0.2, -0.15) is 0 Å². The molecule has 20 heavy (non-hydrogen) atoms. The van der Waals surface area contributed by atoms with Gasteiger partial charge in [0.2, 0.25) is 0 Å². The molecule has 3 aromatic rings. The summed E-state index contributed by atoms with van der Waals surface area (Å²) in [7, 11) is 1.95. The minimum Gasteiger partial charge on any atom is -0.380 e. The van der Waals surface area contributed by atoms with E-state index in [9.17, 15) is 0 Å². The fraction of sp³-hybridized carbons (Fsp3) is 0.125. The molecular formula is C16H16N4. The second-order valence-electron chi connectivity index (χ2n) is 4.65. The average Bonchev–Trinajstić information content (AvgIpc) is 2.92. The van der Waals surface area contributed by atoms with Crippen LogP contribution in [0.4, 0.5) is 5.69 Å². The number of benzene rings is 2. The van der Waals surface area contributed by atoms with Crippen LogP contribution in [0.5, 0.6) is 0 Å². The molecule has 0 bridgehead atoms. The number of anilines is 1. The summed E-state index contributed by atoms with van der Waals surface area (Å²) in [4.78, 5) is 0. The molecule has 0 aliphatic heterocycles. The highest BCUT2D eigenvalue weighted by Gasteiger charge is 2.09. The van der Waals surface area contributed by atoms with E-state index < -0.39 is 0 Å². The highest BCUT2D eigenvalue weighted by Crippen LogP contribution is 2.25. The minimum atomic E-state index is 0.787. The predicted molar refractivity (Wildman–Crippen MR) is 80.2 cm³/mol. The lowest BCUT2D eigenvalue weighted by atomic mass is 10.1. The molecule has 0 spiro atoms. The number of hydrogen-bond donors (Lipinski definition) is 1. The third-order valence-electron chi connectivity index (χ3n) is 3.21. The Hall–Kier alpha value is -2.62. The van der Waals surface area contributed by atoms with E-state index >= 15 is 0 Å². The normalized spacial score (nSPS) is 10.4. The van der Waals surface area contributed by atoms with Gasteiger partial charge in [-0.3, -0.25) is 0 Å². The monoisotopic (exact) mass is 264 g/mol. The molecule has 0 saturated heterocycles. The van der Waals surface area contributed by atoms with Gasteiger partial charge in [0.05, 0.1) is 0 Å². The summed E-state index contributed by atoms with van der Waals surface area (Å²) < 4.78 is 1.92. The molecule has 0 fully saturated rings. The first-order valence-electron chi connectivity index (χ1n) is 6.56. The van der Waals surface area contributed by atoms with Crippen molar-refractivity contribution in [3.8, 4) is 11.4 Å². The largest absolute Gasteiger partial charge is 0.380 e. The van der Waals surface area contributed by atoms with Crippen LogP contribution in [0, 0.1) is 0 Å². The summed E-state index contributed by atoms with van der Waals surface area (Å²) in [5, 5.41) is 11.6. The van der Waals surface area contributed by atoms with Gasteiger partial charge in [0.1, 0.15) is 6.33 Å². The zero-order valence-corrected chi connectivity index (χ0v) is 11.3. The van der Waals surface area contributed by atoms with Crippen molar-refractivity contribution < 1.29 is 0 Å². The Morgan fingerprint density at radius 3 is 2.50 bits per heavy atom. The van der Waals surface area contributed by atoms with Crippen LogP contribution in [-0.4, -0.2) is 14.8 Å². The van der Waals surface area contributed by atoms with E-state index in [0.717, 1.165) is 23.6 Å². The second-order valence-corrected chi connectivity index (χ2v) is 4.65. The maximum Gasteiger partial charge on any atom is 0.165 e. The molecular weight excluding hydrogens is 248 g/mol. The van der Waals surface area contributed by atoms with Crippen molar-refractivity contribution in [3.05, 3.63) is 66.5 Å². The molecule has 2 aromatic carbocycles. The van der Waals surface area contributed by atoms with Crippen molar-refractivity contribution in [2.24, 2.45) is 7.05 Å². The van der Waals surface area contributed by atoms with E-state index in [2.05, 4.69) is 39.8 Å². The van der Waals surface area contributed by atoms with Gasteiger partial charge < -0.3 is 9.88 Å². The first-order valence-corrected chi connectivity index (χ1v) is 6.56. The third kappa shape index (κ3) is 2.54. The van der Waals surface area contributed by atoms with Gasteiger partial charge in [-0.05, 0) is 17.7 Å². The number of nitrogens with zero attached hydrogens (tertiary/aromatic N) is 3. The van der Waals surface area contributed by atoms with E-state index in [1.165, 1.54) is 5.56 Å². The first-order chi connectivity index (χ1) is 9.84. The minimum absolute atomic E-state index is 0.787. The Kier molecular flexibility index (Phi) is 3.46. The van der Waals surface area contributed by atoms with E-state index in [0.29, 0.717) is 0 Å². The highest BCUT2D eigenvalue weighted by molar-refractivity contribution is 5.73. The molecule has 3 rings (SSSR count). The number of nitrogens with one attached hydrogen (secondary N) is 1. The summed E-state index contributed by atoms with van der Waals surface area (Å²) in [6, 6.07) is 18.5. The number of rotatable bonds is 4. The van der Waals surface area contributed by atoms with Crippen molar-refractivity contribution in [1.82, 2.24) is 14.8 Å². The average molecular weight is 264 g/mol. The van der Waals surface area contributed by atoms with Crippen LogP contribution in [0.25, 0.3) is 11.4 Å². The quantitative estimate of drug-likeness (QED) is 0.787. The maximum atomic E-state index is 4.17. The fourth-order valence-corrected chi connectivity index (χ4v) is 2.15. The topological polar surface area (TPSA) is 42.7 Å². The molecule has 0 amide bonds. The molecule has 0 saturated carbocycles. The van der Waals surface area contributed by atoms with Gasteiger partial charge in [0.25, 0.3) is 0 Å². The van der Waals surface area contributed by atoms with Gasteiger partial charge in [-0.1, -0.05) is 42.5 Å². The predicted octanol–water partition coefficient (Wildman–Crippen LogP) is 3.09. The van der Waals surface area contributed by atoms with Gasteiger partial charge in [0, 0.05) is 24.8 Å². The van der Waals surface area contributed by atoms with E-state index in [1.54, 1.807) is 6.33 Å². The zero-order valence-electron chi connectivity index (χ0n) is 11.3. The van der Waals surface area contributed by atoms with Crippen molar-refractivity contribution in [2.45, 2.75) is 6.54 Å². The molecule has 100 valence electrons. The fourth-order valence-electron chi connectivity index (χ4n) is 2.15. The lowest BCUT2D eigenvalue weighted by Crippen LogP contribution is -2.02. The summed E-state index contributed by atoms with van der Waals surface area (Å²) >= 11 is 0. The lowest BCUT2D eigenvalue weighted by Gasteiger charge is -2.11. The Balaban J connectivity index is 1.86. The zero-order chi connectivity index (χ0) is 13.8. The molecule has 0 aliphatic rings. The Bertz CT molecular complexity index is 688. The number of hydrogen-bond acceptors (Lipinski definition) is 3. The molecule has 0 atom stereocenters. The molecule has 1 heterocycles. The van der Waals surface area contributed by atoms with Crippen molar-refractivity contribution in [1.29, 1.82) is 0 Å². The van der Waals surface area contributed by atoms with E-state index in [1.807, 2.05) is 41.9 Å². The Labute approximate surface area is 118 Å². The van der Waals surface area contributed by atoms with E-state index in [4.69, 9.17) is 0 Å². The lowest BCUT2D eigenvalue weighted by molar-refractivity contribution is 0.919. The summed E-state index contributed by atoms with van der Waals surface area (Å²) in [6.07, 6.45) is 1.71. The number of aryl methyl sites for hydroxylation is 1. The molecule has 0 radical (unpaired) electrons. The van der Waals surface area contributed by atoms with Gasteiger partial charge in [0.15, 0.2) is 5.82 Å². The van der Waals surface area contributed by atoms with E-state index in [-0.39, 0.29) is 0 Å². The van der Waals surface area contributed by atoms with Crippen molar-refractivity contribution in [2.75, 3.05) is 5.32 Å². The van der Waals surface area contributed by atoms with Crippen molar-refractivity contribution >= 4 is 5.69 Å². The highest BCUT2D eigenvalue weighted by atomic mass is 15.2. The van der Waals surface area contributed by atoms with Crippen LogP contribution in [0.2, 0.25) is 0 Å². The van der Waals surface area contributed by atoms with Crippen LogP contribution in [0.3, 0.4) is 0 Å². The molecule has 0 aliphatic carbocycles. The van der Waals surface area contributed by atoms with Crippen molar-refractivity contribution in [3.63, 3.8) is 0 Å². The van der Waals surface area contributed by atoms with Crippen LogP contribution < -0.4 is 5.32 Å². The SMILES string of the molecule is Cn1cnnc1-c1ccccc1NCc1ccccc1. The summed E-state index contributed by atoms with van der Waals surface area (Å²) in [6.45, 7) is 0.787. The molecule has 1 N–H and O–H groups in total. The number of para-hydroxylation sites is 1. The third-order valence-corrected chi connectivity index (χ3v) is 3.21.